The van der Waals surface area contributed by atoms with Gasteiger partial charge < -0.3 is 25.3 Å². The van der Waals surface area contributed by atoms with Crippen LogP contribution in [0.4, 0.5) is 11.5 Å². The Labute approximate surface area is 192 Å². The highest BCUT2D eigenvalue weighted by molar-refractivity contribution is 5.63. The van der Waals surface area contributed by atoms with Gasteiger partial charge in [0, 0.05) is 56.1 Å². The minimum atomic E-state index is 0.826. The number of nitrogens with zero attached hydrogens (tertiary/aromatic N) is 5. The molecule has 0 aliphatic carbocycles. The summed E-state index contributed by atoms with van der Waals surface area (Å²) in [6.45, 7) is 10.9. The van der Waals surface area contributed by atoms with Crippen LogP contribution < -0.4 is 15.5 Å². The van der Waals surface area contributed by atoms with Gasteiger partial charge in [-0.3, -0.25) is 0 Å². The summed E-state index contributed by atoms with van der Waals surface area (Å²) in [6.07, 6.45) is 4.87. The van der Waals surface area contributed by atoms with Crippen LogP contribution in [0, 0.1) is 0 Å². The van der Waals surface area contributed by atoms with Gasteiger partial charge in [0.2, 0.25) is 0 Å². The van der Waals surface area contributed by atoms with Gasteiger partial charge in [0.25, 0.3) is 0 Å². The van der Waals surface area contributed by atoms with Crippen LogP contribution in [0.2, 0.25) is 0 Å². The van der Waals surface area contributed by atoms with E-state index in [1.54, 1.807) is 0 Å². The number of hydrogen-bond acceptors (Lipinski definition) is 7. The van der Waals surface area contributed by atoms with Crippen molar-refractivity contribution in [3.63, 3.8) is 0 Å². The minimum Gasteiger partial charge on any atom is -0.370 e. The van der Waals surface area contributed by atoms with Gasteiger partial charge in [-0.1, -0.05) is 0 Å². The van der Waals surface area contributed by atoms with Gasteiger partial charge in [-0.25, -0.2) is 9.97 Å². The Morgan fingerprint density at radius 2 is 1.75 bits per heavy atom. The van der Waals surface area contributed by atoms with Crippen molar-refractivity contribution in [2.45, 2.75) is 32.2 Å². The summed E-state index contributed by atoms with van der Waals surface area (Å²) in [6, 6.07) is 8.82. The number of likely N-dealkylation sites (N-methyl/N-ethyl adjacent to an activating group) is 1. The molecule has 0 atom stereocenters. The maximum Gasteiger partial charge on any atom is 0.161 e. The number of piperazine rings is 1. The first kappa shape index (κ1) is 21.6. The molecule has 3 aliphatic rings. The van der Waals surface area contributed by atoms with Gasteiger partial charge in [0.1, 0.15) is 5.82 Å². The normalized spacial score (nSPS) is 19.8. The molecule has 5 rings (SSSR count). The molecule has 2 N–H and O–H groups in total. The van der Waals surface area contributed by atoms with E-state index in [0.29, 0.717) is 0 Å². The number of hydrogen-bond donors (Lipinski definition) is 2. The minimum absolute atomic E-state index is 0.826. The fourth-order valence-corrected chi connectivity index (χ4v) is 5.04. The molecule has 7 heteroatoms. The first-order chi connectivity index (χ1) is 15.8. The van der Waals surface area contributed by atoms with Crippen LogP contribution in [0.1, 0.15) is 30.5 Å². The molecule has 2 fully saturated rings. The second-order valence-electron chi connectivity index (χ2n) is 9.41. The highest BCUT2D eigenvalue weighted by atomic mass is 15.2. The fraction of sp³-hybridized carbons (Fsp3) is 0.600. The summed E-state index contributed by atoms with van der Waals surface area (Å²) in [5.74, 6) is 1.87. The molecule has 7 nitrogen and oxygen atoms in total. The van der Waals surface area contributed by atoms with Gasteiger partial charge in [0.15, 0.2) is 5.82 Å². The predicted molar refractivity (Wildman–Crippen MR) is 131 cm³/mol. The summed E-state index contributed by atoms with van der Waals surface area (Å²) in [4.78, 5) is 17.4. The van der Waals surface area contributed by atoms with Gasteiger partial charge in [-0.2, -0.15) is 0 Å². The molecule has 32 heavy (non-hydrogen) atoms. The SMILES string of the molecule is CN1CCN(c2ccc(-c3nc4c(c(NCCCN5CCCC5)n3)CCNC4)cc2)CC1. The zero-order valence-corrected chi connectivity index (χ0v) is 19.4. The molecule has 4 heterocycles. The fourth-order valence-electron chi connectivity index (χ4n) is 5.04. The Morgan fingerprint density at radius 3 is 2.53 bits per heavy atom. The van der Waals surface area contributed by atoms with E-state index >= 15 is 0 Å². The van der Waals surface area contributed by atoms with E-state index in [9.17, 15) is 0 Å². The Balaban J connectivity index is 1.29. The lowest BCUT2D eigenvalue weighted by Gasteiger charge is -2.34. The molecule has 172 valence electrons. The van der Waals surface area contributed by atoms with Crippen molar-refractivity contribution in [2.75, 3.05) is 76.2 Å². The number of fused-ring (bicyclic) bond motifs is 1. The number of benzene rings is 1. The zero-order valence-electron chi connectivity index (χ0n) is 19.4. The van der Waals surface area contributed by atoms with Crippen LogP contribution in [0.5, 0.6) is 0 Å². The number of aromatic nitrogens is 2. The lowest BCUT2D eigenvalue weighted by molar-refractivity contribution is 0.313. The Kier molecular flexibility index (Phi) is 6.86. The molecule has 0 saturated carbocycles. The quantitative estimate of drug-likeness (QED) is 0.648. The van der Waals surface area contributed by atoms with Crippen LogP contribution >= 0.6 is 0 Å². The van der Waals surface area contributed by atoms with Crippen LogP contribution in [-0.2, 0) is 13.0 Å². The number of anilines is 2. The van der Waals surface area contributed by atoms with Crippen LogP contribution in [0.3, 0.4) is 0 Å². The molecule has 2 aromatic rings. The first-order valence-electron chi connectivity index (χ1n) is 12.4. The number of likely N-dealkylation sites (tertiary alicyclic amines) is 1. The van der Waals surface area contributed by atoms with Crippen molar-refractivity contribution in [2.24, 2.45) is 0 Å². The molecule has 3 aliphatic heterocycles. The standard InChI is InChI=1S/C25H37N7/c1-30-15-17-32(18-16-30)21-7-5-20(6-8-21)24-28-23-19-26-11-9-22(23)25(29-24)27-10-4-14-31-12-2-3-13-31/h5-8,26H,2-4,9-19H2,1H3,(H,27,28,29). The molecule has 0 spiro atoms. The third-order valence-electron chi connectivity index (χ3n) is 7.07. The van der Waals surface area contributed by atoms with Crippen molar-refractivity contribution in [1.29, 1.82) is 0 Å². The zero-order chi connectivity index (χ0) is 21.8. The van der Waals surface area contributed by atoms with E-state index in [1.807, 2.05) is 0 Å². The van der Waals surface area contributed by atoms with Crippen LogP contribution in [0.15, 0.2) is 24.3 Å². The predicted octanol–water partition coefficient (Wildman–Crippen LogP) is 2.44. The molecular formula is C25H37N7. The topological polar surface area (TPSA) is 59.6 Å². The first-order valence-corrected chi connectivity index (χ1v) is 12.4. The maximum atomic E-state index is 4.99. The monoisotopic (exact) mass is 435 g/mol. The van der Waals surface area contributed by atoms with E-state index in [4.69, 9.17) is 9.97 Å². The van der Waals surface area contributed by atoms with Crippen LogP contribution in [-0.4, -0.2) is 85.7 Å². The highest BCUT2D eigenvalue weighted by Crippen LogP contribution is 2.27. The molecule has 0 bridgehead atoms. The third kappa shape index (κ3) is 5.05. The van der Waals surface area contributed by atoms with E-state index in [-0.39, 0.29) is 0 Å². The number of nitrogens with one attached hydrogen (secondary N) is 2. The second-order valence-corrected chi connectivity index (χ2v) is 9.41. The molecule has 2 saturated heterocycles. The molecular weight excluding hydrogens is 398 g/mol. The van der Waals surface area contributed by atoms with E-state index in [1.165, 1.54) is 43.7 Å². The van der Waals surface area contributed by atoms with Crippen LogP contribution in [0.25, 0.3) is 11.4 Å². The van der Waals surface area contributed by atoms with Crippen molar-refractivity contribution in [3.8, 4) is 11.4 Å². The smallest absolute Gasteiger partial charge is 0.161 e. The van der Waals surface area contributed by atoms with Crippen molar-refractivity contribution in [1.82, 2.24) is 25.1 Å². The van der Waals surface area contributed by atoms with E-state index < -0.39 is 0 Å². The molecule has 0 unspecified atom stereocenters. The number of rotatable bonds is 7. The lowest BCUT2D eigenvalue weighted by atomic mass is 10.1. The summed E-state index contributed by atoms with van der Waals surface area (Å²) >= 11 is 0. The largest absolute Gasteiger partial charge is 0.370 e. The van der Waals surface area contributed by atoms with Gasteiger partial charge >= 0.3 is 0 Å². The second kappa shape index (κ2) is 10.1. The Hall–Kier alpha value is -2.22. The Morgan fingerprint density at radius 1 is 0.969 bits per heavy atom. The average molecular weight is 436 g/mol. The molecule has 0 amide bonds. The third-order valence-corrected chi connectivity index (χ3v) is 7.07. The highest BCUT2D eigenvalue weighted by Gasteiger charge is 2.19. The van der Waals surface area contributed by atoms with Gasteiger partial charge in [-0.05, 0) is 83.2 Å². The molecule has 1 aromatic carbocycles. The summed E-state index contributed by atoms with van der Waals surface area (Å²) < 4.78 is 0. The Bertz CT molecular complexity index is 884. The molecule has 1 aromatic heterocycles. The van der Waals surface area contributed by atoms with Gasteiger partial charge in [0.05, 0.1) is 5.69 Å². The summed E-state index contributed by atoms with van der Waals surface area (Å²) in [5.41, 5.74) is 4.83. The van der Waals surface area contributed by atoms with Crippen molar-refractivity contribution < 1.29 is 0 Å². The van der Waals surface area contributed by atoms with Gasteiger partial charge in [-0.15, -0.1) is 0 Å². The lowest BCUT2D eigenvalue weighted by Crippen LogP contribution is -2.44. The maximum absolute atomic E-state index is 4.99. The van der Waals surface area contributed by atoms with Crippen molar-refractivity contribution in [3.05, 3.63) is 35.5 Å². The van der Waals surface area contributed by atoms with E-state index in [2.05, 4.69) is 56.6 Å². The van der Waals surface area contributed by atoms with E-state index in [0.717, 1.165) is 81.6 Å². The van der Waals surface area contributed by atoms with Crippen molar-refractivity contribution >= 4 is 11.5 Å². The summed E-state index contributed by atoms with van der Waals surface area (Å²) in [7, 11) is 2.20. The summed E-state index contributed by atoms with van der Waals surface area (Å²) in [5, 5.41) is 7.13. The average Bonchev–Trinajstić information content (AvgIpc) is 3.36. The molecule has 0 radical (unpaired) electrons.